The third kappa shape index (κ3) is 3.05. The predicted octanol–water partition coefficient (Wildman–Crippen LogP) is 3.45. The number of nitrogens with two attached hydrogens (primary N) is 1. The first kappa shape index (κ1) is 17.0. The van der Waals surface area contributed by atoms with Gasteiger partial charge in [0.25, 0.3) is 0 Å². The second kappa shape index (κ2) is 7.13. The Bertz CT molecular complexity index is 1090. The standard InChI is InChI=1S/C22H24N6/c23-21-19(17-12-26-28(15-17)18-6-9-24-10-7-18)13-25-20-8-11-27(22(20)21)14-16-4-2-1-3-5-16/h1-5,8,11-13,15,18,24H,6-7,9-10,14H2,(H2,23,25). The van der Waals surface area contributed by atoms with Crippen LogP contribution in [0.1, 0.15) is 24.4 Å². The minimum Gasteiger partial charge on any atom is -0.396 e. The van der Waals surface area contributed by atoms with Gasteiger partial charge in [-0.2, -0.15) is 5.10 Å². The fourth-order valence-electron chi connectivity index (χ4n) is 4.08. The van der Waals surface area contributed by atoms with Crippen LogP contribution in [-0.4, -0.2) is 32.4 Å². The molecule has 0 unspecified atom stereocenters. The molecule has 1 saturated heterocycles. The smallest absolute Gasteiger partial charge is 0.0911 e. The Labute approximate surface area is 164 Å². The molecule has 1 aliphatic rings. The largest absolute Gasteiger partial charge is 0.396 e. The lowest BCUT2D eigenvalue weighted by Gasteiger charge is -2.22. The Kier molecular flexibility index (Phi) is 4.33. The molecular weight excluding hydrogens is 348 g/mol. The number of rotatable bonds is 4. The summed E-state index contributed by atoms with van der Waals surface area (Å²) in [5, 5.41) is 8.02. The molecule has 0 amide bonds. The Morgan fingerprint density at radius 3 is 2.71 bits per heavy atom. The van der Waals surface area contributed by atoms with Crippen LogP contribution in [0.15, 0.2) is 61.2 Å². The molecule has 0 radical (unpaired) electrons. The highest BCUT2D eigenvalue weighted by molar-refractivity contribution is 5.96. The van der Waals surface area contributed by atoms with Gasteiger partial charge >= 0.3 is 0 Å². The summed E-state index contributed by atoms with van der Waals surface area (Å²) < 4.78 is 4.26. The van der Waals surface area contributed by atoms with E-state index in [0.29, 0.717) is 6.04 Å². The number of fused-ring (bicyclic) bond motifs is 1. The van der Waals surface area contributed by atoms with Crippen molar-refractivity contribution in [3.63, 3.8) is 0 Å². The summed E-state index contributed by atoms with van der Waals surface area (Å²) >= 11 is 0. The molecule has 0 spiro atoms. The Balaban J connectivity index is 1.51. The van der Waals surface area contributed by atoms with Crippen molar-refractivity contribution in [2.24, 2.45) is 0 Å². The van der Waals surface area contributed by atoms with Crippen LogP contribution in [0.2, 0.25) is 0 Å². The van der Waals surface area contributed by atoms with Crippen LogP contribution in [0, 0.1) is 0 Å². The molecule has 0 saturated carbocycles. The number of aromatic nitrogens is 4. The Morgan fingerprint density at radius 1 is 1.07 bits per heavy atom. The zero-order valence-electron chi connectivity index (χ0n) is 15.8. The number of nitrogen functional groups attached to an aromatic ring is 1. The molecule has 3 N–H and O–H groups in total. The highest BCUT2D eigenvalue weighted by Crippen LogP contribution is 2.32. The average Bonchev–Trinajstić information content (AvgIpc) is 3.38. The van der Waals surface area contributed by atoms with Crippen LogP contribution in [0.4, 0.5) is 5.69 Å². The molecule has 1 fully saturated rings. The average molecular weight is 372 g/mol. The summed E-state index contributed by atoms with van der Waals surface area (Å²) in [5.41, 5.74) is 12.5. The maximum absolute atomic E-state index is 6.63. The van der Waals surface area contributed by atoms with E-state index in [2.05, 4.69) is 61.3 Å². The van der Waals surface area contributed by atoms with Gasteiger partial charge in [-0.15, -0.1) is 0 Å². The van der Waals surface area contributed by atoms with Crippen molar-refractivity contribution in [1.82, 2.24) is 24.6 Å². The van der Waals surface area contributed by atoms with Gasteiger partial charge in [-0.05, 0) is 37.6 Å². The van der Waals surface area contributed by atoms with Crippen LogP contribution >= 0.6 is 0 Å². The fourth-order valence-corrected chi connectivity index (χ4v) is 4.08. The monoisotopic (exact) mass is 372 g/mol. The molecule has 6 nitrogen and oxygen atoms in total. The van der Waals surface area contributed by atoms with Crippen LogP contribution in [0.25, 0.3) is 22.2 Å². The third-order valence-corrected chi connectivity index (χ3v) is 5.61. The minimum atomic E-state index is 0.454. The second-order valence-corrected chi connectivity index (χ2v) is 7.44. The molecule has 4 aromatic rings. The number of benzene rings is 1. The third-order valence-electron chi connectivity index (χ3n) is 5.61. The molecular formula is C22H24N6. The maximum Gasteiger partial charge on any atom is 0.0911 e. The number of piperidine rings is 1. The molecule has 6 heteroatoms. The molecule has 0 aliphatic carbocycles. The maximum atomic E-state index is 6.63. The molecule has 1 aromatic carbocycles. The second-order valence-electron chi connectivity index (χ2n) is 7.44. The Morgan fingerprint density at radius 2 is 1.89 bits per heavy atom. The van der Waals surface area contributed by atoms with Gasteiger partial charge in [0, 0.05) is 36.3 Å². The van der Waals surface area contributed by atoms with Crippen LogP contribution < -0.4 is 11.1 Å². The lowest BCUT2D eigenvalue weighted by atomic mass is 10.1. The molecule has 3 aromatic heterocycles. The van der Waals surface area contributed by atoms with Gasteiger partial charge in [0.05, 0.1) is 29.0 Å². The SMILES string of the molecule is Nc1c(-c2cnn(C3CCNCC3)c2)cnc2ccn(Cc3ccccc3)c12. The van der Waals surface area contributed by atoms with Gasteiger partial charge in [-0.3, -0.25) is 9.67 Å². The van der Waals surface area contributed by atoms with Crippen molar-refractivity contribution in [3.05, 3.63) is 66.7 Å². The normalized spacial score (nSPS) is 15.3. The molecule has 0 atom stereocenters. The summed E-state index contributed by atoms with van der Waals surface area (Å²) in [4.78, 5) is 4.65. The van der Waals surface area contributed by atoms with Crippen molar-refractivity contribution in [2.45, 2.75) is 25.4 Å². The zero-order chi connectivity index (χ0) is 18.9. The highest BCUT2D eigenvalue weighted by Gasteiger charge is 2.18. The van der Waals surface area contributed by atoms with Gasteiger partial charge in [-0.25, -0.2) is 0 Å². The van der Waals surface area contributed by atoms with E-state index in [1.807, 2.05) is 24.5 Å². The summed E-state index contributed by atoms with van der Waals surface area (Å²) in [5.74, 6) is 0. The topological polar surface area (TPSA) is 73.7 Å². The van der Waals surface area contributed by atoms with Gasteiger partial charge < -0.3 is 15.6 Å². The van der Waals surface area contributed by atoms with Crippen molar-refractivity contribution < 1.29 is 0 Å². The first-order valence-corrected chi connectivity index (χ1v) is 9.82. The van der Waals surface area contributed by atoms with Crippen LogP contribution in [0.5, 0.6) is 0 Å². The van der Waals surface area contributed by atoms with Gasteiger partial charge in [0.2, 0.25) is 0 Å². The van der Waals surface area contributed by atoms with Crippen molar-refractivity contribution >= 4 is 16.7 Å². The summed E-state index contributed by atoms with van der Waals surface area (Å²) in [6.07, 6.45) is 10.2. The molecule has 142 valence electrons. The highest BCUT2D eigenvalue weighted by atomic mass is 15.3. The van der Waals surface area contributed by atoms with E-state index >= 15 is 0 Å². The Hall–Kier alpha value is -3.12. The lowest BCUT2D eigenvalue weighted by Crippen LogP contribution is -2.29. The number of nitrogens with zero attached hydrogens (tertiary/aromatic N) is 4. The summed E-state index contributed by atoms with van der Waals surface area (Å²) in [6.45, 7) is 2.86. The zero-order valence-corrected chi connectivity index (χ0v) is 15.8. The summed E-state index contributed by atoms with van der Waals surface area (Å²) in [6, 6.07) is 12.9. The van der Waals surface area contributed by atoms with Gasteiger partial charge in [0.1, 0.15) is 0 Å². The van der Waals surface area contributed by atoms with E-state index in [-0.39, 0.29) is 0 Å². The number of anilines is 1. The van der Waals surface area contributed by atoms with Crippen LogP contribution in [-0.2, 0) is 6.54 Å². The summed E-state index contributed by atoms with van der Waals surface area (Å²) in [7, 11) is 0. The van der Waals surface area contributed by atoms with E-state index < -0.39 is 0 Å². The number of hydrogen-bond donors (Lipinski definition) is 2. The van der Waals surface area contributed by atoms with E-state index in [1.165, 1.54) is 5.56 Å². The quantitative estimate of drug-likeness (QED) is 0.575. The van der Waals surface area contributed by atoms with Crippen LogP contribution in [0.3, 0.4) is 0 Å². The lowest BCUT2D eigenvalue weighted by molar-refractivity contribution is 0.343. The molecule has 5 rings (SSSR count). The number of nitrogens with one attached hydrogen (secondary N) is 1. The van der Waals surface area contributed by atoms with E-state index in [9.17, 15) is 0 Å². The van der Waals surface area contributed by atoms with Crippen molar-refractivity contribution in [3.8, 4) is 11.1 Å². The van der Waals surface area contributed by atoms with Gasteiger partial charge in [0.15, 0.2) is 0 Å². The van der Waals surface area contributed by atoms with Crippen molar-refractivity contribution in [1.29, 1.82) is 0 Å². The first-order valence-electron chi connectivity index (χ1n) is 9.82. The molecule has 4 heterocycles. The first-order chi connectivity index (χ1) is 13.8. The van der Waals surface area contributed by atoms with E-state index in [4.69, 9.17) is 5.73 Å². The molecule has 1 aliphatic heterocycles. The van der Waals surface area contributed by atoms with E-state index in [1.54, 1.807) is 0 Å². The number of pyridine rings is 1. The molecule has 0 bridgehead atoms. The van der Waals surface area contributed by atoms with E-state index in [0.717, 1.165) is 60.3 Å². The predicted molar refractivity (Wildman–Crippen MR) is 112 cm³/mol. The van der Waals surface area contributed by atoms with Gasteiger partial charge in [-0.1, -0.05) is 30.3 Å². The fraction of sp³-hybridized carbons (Fsp3) is 0.273. The number of hydrogen-bond acceptors (Lipinski definition) is 4. The minimum absolute atomic E-state index is 0.454. The van der Waals surface area contributed by atoms with Crippen molar-refractivity contribution in [2.75, 3.05) is 18.8 Å². The molecule has 28 heavy (non-hydrogen) atoms.